The van der Waals surface area contributed by atoms with Crippen LogP contribution in [0.5, 0.6) is 0 Å². The molecule has 2 unspecified atom stereocenters. The highest BCUT2D eigenvalue weighted by molar-refractivity contribution is 5.76. The molecule has 2 atom stereocenters. The quantitative estimate of drug-likeness (QED) is 0.699. The van der Waals surface area contributed by atoms with Gasteiger partial charge in [-0.15, -0.1) is 0 Å². The number of hydrogen-bond acceptors (Lipinski definition) is 2. The molecule has 1 amide bonds. The van der Waals surface area contributed by atoms with E-state index in [2.05, 4.69) is 24.5 Å². The number of nitrogens with one attached hydrogen (secondary N) is 2. The van der Waals surface area contributed by atoms with E-state index in [1.165, 1.54) is 6.42 Å². The molecular weight excluding hydrogens is 176 g/mol. The molecule has 0 radical (unpaired) electrons. The van der Waals surface area contributed by atoms with Crippen molar-refractivity contribution < 1.29 is 4.79 Å². The molecular formula is C11H22N2O. The van der Waals surface area contributed by atoms with Crippen LogP contribution in [0, 0.1) is 5.92 Å². The molecule has 1 heterocycles. The third kappa shape index (κ3) is 4.09. The van der Waals surface area contributed by atoms with E-state index in [0.29, 0.717) is 12.5 Å². The van der Waals surface area contributed by atoms with Gasteiger partial charge in [0, 0.05) is 12.5 Å². The standard InChI is InChI=1S/C11H22N2O/c1-3-9(2)13-11(14)5-4-10-6-7-12-8-10/h9-10,12H,3-8H2,1-2H3,(H,13,14). The van der Waals surface area contributed by atoms with E-state index in [9.17, 15) is 4.79 Å². The van der Waals surface area contributed by atoms with Crippen molar-refractivity contribution >= 4 is 5.91 Å². The van der Waals surface area contributed by atoms with Crippen LogP contribution in [-0.4, -0.2) is 25.0 Å². The molecule has 0 aliphatic carbocycles. The Morgan fingerprint density at radius 1 is 1.64 bits per heavy atom. The Labute approximate surface area is 86.6 Å². The summed E-state index contributed by atoms with van der Waals surface area (Å²) in [6.45, 7) is 6.36. The second-order valence-corrected chi connectivity index (χ2v) is 4.27. The van der Waals surface area contributed by atoms with Gasteiger partial charge in [-0.25, -0.2) is 0 Å². The molecule has 1 fully saturated rings. The maximum absolute atomic E-state index is 11.4. The lowest BCUT2D eigenvalue weighted by Gasteiger charge is -2.12. The van der Waals surface area contributed by atoms with Gasteiger partial charge in [-0.1, -0.05) is 6.92 Å². The molecule has 3 nitrogen and oxygen atoms in total. The van der Waals surface area contributed by atoms with Crippen LogP contribution in [0.3, 0.4) is 0 Å². The molecule has 14 heavy (non-hydrogen) atoms. The first-order chi connectivity index (χ1) is 6.72. The van der Waals surface area contributed by atoms with Crippen LogP contribution in [0.25, 0.3) is 0 Å². The lowest BCUT2D eigenvalue weighted by molar-refractivity contribution is -0.122. The van der Waals surface area contributed by atoms with Crippen molar-refractivity contribution in [2.24, 2.45) is 5.92 Å². The Hall–Kier alpha value is -0.570. The molecule has 2 N–H and O–H groups in total. The van der Waals surface area contributed by atoms with Crippen molar-refractivity contribution in [1.29, 1.82) is 0 Å². The number of amides is 1. The topological polar surface area (TPSA) is 41.1 Å². The van der Waals surface area contributed by atoms with Crippen molar-refractivity contribution in [2.75, 3.05) is 13.1 Å². The third-order valence-corrected chi connectivity index (χ3v) is 2.96. The monoisotopic (exact) mass is 198 g/mol. The van der Waals surface area contributed by atoms with Gasteiger partial charge in [-0.05, 0) is 45.2 Å². The van der Waals surface area contributed by atoms with Crippen LogP contribution in [0.1, 0.15) is 39.5 Å². The normalized spacial score (nSPS) is 23.4. The van der Waals surface area contributed by atoms with E-state index < -0.39 is 0 Å². The zero-order valence-electron chi connectivity index (χ0n) is 9.31. The molecule has 3 heteroatoms. The average molecular weight is 198 g/mol. The zero-order chi connectivity index (χ0) is 10.4. The fourth-order valence-electron chi connectivity index (χ4n) is 1.75. The summed E-state index contributed by atoms with van der Waals surface area (Å²) in [6, 6.07) is 0.323. The highest BCUT2D eigenvalue weighted by Crippen LogP contribution is 2.13. The lowest BCUT2D eigenvalue weighted by Crippen LogP contribution is -2.32. The summed E-state index contributed by atoms with van der Waals surface area (Å²) in [5, 5.41) is 6.31. The SMILES string of the molecule is CCC(C)NC(=O)CCC1CCNC1. The Morgan fingerprint density at radius 2 is 2.43 bits per heavy atom. The van der Waals surface area contributed by atoms with Crippen LogP contribution in [-0.2, 0) is 4.79 Å². The fourth-order valence-corrected chi connectivity index (χ4v) is 1.75. The first-order valence-corrected chi connectivity index (χ1v) is 5.72. The minimum atomic E-state index is 0.214. The van der Waals surface area contributed by atoms with Gasteiger partial charge in [0.25, 0.3) is 0 Å². The van der Waals surface area contributed by atoms with Crippen molar-refractivity contribution in [3.63, 3.8) is 0 Å². The summed E-state index contributed by atoms with van der Waals surface area (Å²) in [5.74, 6) is 0.934. The van der Waals surface area contributed by atoms with Crippen LogP contribution in [0.2, 0.25) is 0 Å². The highest BCUT2D eigenvalue weighted by Gasteiger charge is 2.15. The maximum atomic E-state index is 11.4. The van der Waals surface area contributed by atoms with Crippen molar-refractivity contribution in [2.45, 2.75) is 45.6 Å². The van der Waals surface area contributed by atoms with E-state index in [4.69, 9.17) is 0 Å². The van der Waals surface area contributed by atoms with Crippen LogP contribution >= 0.6 is 0 Å². The fraction of sp³-hybridized carbons (Fsp3) is 0.909. The Balaban J connectivity index is 2.08. The minimum Gasteiger partial charge on any atom is -0.354 e. The molecule has 0 aromatic carbocycles. The van der Waals surface area contributed by atoms with Gasteiger partial charge in [-0.2, -0.15) is 0 Å². The first kappa shape index (κ1) is 11.5. The predicted octanol–water partition coefficient (Wildman–Crippen LogP) is 1.29. The molecule has 0 saturated carbocycles. The van der Waals surface area contributed by atoms with Crippen LogP contribution < -0.4 is 10.6 Å². The van der Waals surface area contributed by atoms with E-state index >= 15 is 0 Å². The summed E-state index contributed by atoms with van der Waals surface area (Å²) in [6.07, 6.45) is 3.97. The van der Waals surface area contributed by atoms with E-state index in [1.54, 1.807) is 0 Å². The van der Waals surface area contributed by atoms with Crippen molar-refractivity contribution in [1.82, 2.24) is 10.6 Å². The van der Waals surface area contributed by atoms with E-state index in [1.807, 2.05) is 0 Å². The number of hydrogen-bond donors (Lipinski definition) is 2. The summed E-state index contributed by atoms with van der Waals surface area (Å²) in [4.78, 5) is 11.4. The molecule has 82 valence electrons. The molecule has 1 aliphatic heterocycles. The molecule has 1 aliphatic rings. The average Bonchev–Trinajstić information content (AvgIpc) is 2.67. The van der Waals surface area contributed by atoms with Gasteiger partial charge in [0.05, 0.1) is 0 Å². The Bertz CT molecular complexity index is 176. The van der Waals surface area contributed by atoms with Crippen LogP contribution in [0.15, 0.2) is 0 Å². The van der Waals surface area contributed by atoms with E-state index in [0.717, 1.165) is 31.8 Å². The third-order valence-electron chi connectivity index (χ3n) is 2.96. The number of carbonyl (C=O) groups excluding carboxylic acids is 1. The maximum Gasteiger partial charge on any atom is 0.220 e. The van der Waals surface area contributed by atoms with Gasteiger partial charge in [-0.3, -0.25) is 4.79 Å². The second kappa shape index (κ2) is 6.02. The Morgan fingerprint density at radius 3 is 3.00 bits per heavy atom. The smallest absolute Gasteiger partial charge is 0.220 e. The van der Waals surface area contributed by atoms with Gasteiger partial charge in [0.15, 0.2) is 0 Å². The molecule has 0 spiro atoms. The van der Waals surface area contributed by atoms with Gasteiger partial charge >= 0.3 is 0 Å². The van der Waals surface area contributed by atoms with Crippen molar-refractivity contribution in [3.8, 4) is 0 Å². The largest absolute Gasteiger partial charge is 0.354 e. The van der Waals surface area contributed by atoms with E-state index in [-0.39, 0.29) is 5.91 Å². The minimum absolute atomic E-state index is 0.214. The summed E-state index contributed by atoms with van der Waals surface area (Å²) in [7, 11) is 0. The van der Waals surface area contributed by atoms with Gasteiger partial charge in [0.1, 0.15) is 0 Å². The lowest BCUT2D eigenvalue weighted by atomic mass is 10.0. The van der Waals surface area contributed by atoms with Gasteiger partial charge < -0.3 is 10.6 Å². The Kier molecular flexibility index (Phi) is 4.94. The molecule has 1 saturated heterocycles. The molecule has 0 aromatic rings. The summed E-state index contributed by atoms with van der Waals surface area (Å²) in [5.41, 5.74) is 0. The summed E-state index contributed by atoms with van der Waals surface area (Å²) >= 11 is 0. The summed E-state index contributed by atoms with van der Waals surface area (Å²) < 4.78 is 0. The van der Waals surface area contributed by atoms with Crippen molar-refractivity contribution in [3.05, 3.63) is 0 Å². The zero-order valence-corrected chi connectivity index (χ0v) is 9.31. The number of rotatable bonds is 5. The molecule has 1 rings (SSSR count). The molecule has 0 aromatic heterocycles. The van der Waals surface area contributed by atoms with Crippen LogP contribution in [0.4, 0.5) is 0 Å². The second-order valence-electron chi connectivity index (χ2n) is 4.27. The first-order valence-electron chi connectivity index (χ1n) is 5.72. The molecule has 0 bridgehead atoms. The number of carbonyl (C=O) groups is 1. The highest BCUT2D eigenvalue weighted by atomic mass is 16.1. The predicted molar refractivity (Wildman–Crippen MR) is 58.1 cm³/mol. The van der Waals surface area contributed by atoms with Gasteiger partial charge in [0.2, 0.25) is 5.91 Å².